The van der Waals surface area contributed by atoms with Crippen molar-refractivity contribution in [2.45, 2.75) is 39.3 Å². The molecule has 1 rings (SSSR count). The molecule has 0 saturated heterocycles. The van der Waals surface area contributed by atoms with Crippen LogP contribution in [0, 0.1) is 0 Å². The lowest BCUT2D eigenvalue weighted by Crippen LogP contribution is -2.30. The lowest BCUT2D eigenvalue weighted by molar-refractivity contribution is 0.586. The second kappa shape index (κ2) is 5.71. The van der Waals surface area contributed by atoms with E-state index in [9.17, 15) is 0 Å². The van der Waals surface area contributed by atoms with Gasteiger partial charge in [0.1, 0.15) is 5.82 Å². The van der Waals surface area contributed by atoms with Gasteiger partial charge in [-0.25, -0.2) is 4.98 Å². The molecule has 0 aliphatic carbocycles. The Balaban J connectivity index is 2.76. The highest BCUT2D eigenvalue weighted by Crippen LogP contribution is 2.15. The standard InChI is InChI=1S/C12H21N3/c1-4-11(5-2)15(3)12-7-6-10(8-13)9-14-12/h6-7,9,11H,4-5,8,13H2,1-3H3. The fourth-order valence-corrected chi connectivity index (χ4v) is 1.77. The second-order valence-corrected chi connectivity index (χ2v) is 3.81. The summed E-state index contributed by atoms with van der Waals surface area (Å²) in [6, 6.07) is 4.66. The lowest BCUT2D eigenvalue weighted by atomic mass is 10.1. The first-order valence-electron chi connectivity index (χ1n) is 5.60. The van der Waals surface area contributed by atoms with Gasteiger partial charge in [0.05, 0.1) is 0 Å². The van der Waals surface area contributed by atoms with Gasteiger partial charge >= 0.3 is 0 Å². The Morgan fingerprint density at radius 1 is 1.33 bits per heavy atom. The van der Waals surface area contributed by atoms with Gasteiger partial charge in [-0.05, 0) is 24.5 Å². The molecule has 0 bridgehead atoms. The number of hydrogen-bond donors (Lipinski definition) is 1. The van der Waals surface area contributed by atoms with E-state index in [0.29, 0.717) is 12.6 Å². The van der Waals surface area contributed by atoms with Crippen LogP contribution in [0.1, 0.15) is 32.3 Å². The van der Waals surface area contributed by atoms with E-state index in [-0.39, 0.29) is 0 Å². The first-order chi connectivity index (χ1) is 7.22. The molecule has 3 heteroatoms. The Morgan fingerprint density at radius 2 is 2.00 bits per heavy atom. The number of rotatable bonds is 5. The zero-order chi connectivity index (χ0) is 11.3. The quantitative estimate of drug-likeness (QED) is 0.804. The van der Waals surface area contributed by atoms with Crippen LogP contribution in [-0.2, 0) is 6.54 Å². The van der Waals surface area contributed by atoms with Crippen LogP contribution in [0.2, 0.25) is 0 Å². The number of hydrogen-bond acceptors (Lipinski definition) is 3. The molecule has 0 saturated carbocycles. The maximum Gasteiger partial charge on any atom is 0.128 e. The third-order valence-corrected chi connectivity index (χ3v) is 2.90. The summed E-state index contributed by atoms with van der Waals surface area (Å²) >= 11 is 0. The van der Waals surface area contributed by atoms with Gasteiger partial charge < -0.3 is 10.6 Å². The number of aromatic nitrogens is 1. The summed E-state index contributed by atoms with van der Waals surface area (Å²) < 4.78 is 0. The molecule has 0 radical (unpaired) electrons. The fraction of sp³-hybridized carbons (Fsp3) is 0.583. The fourth-order valence-electron chi connectivity index (χ4n) is 1.77. The SMILES string of the molecule is CCC(CC)N(C)c1ccc(CN)cn1. The first kappa shape index (κ1) is 12.0. The molecule has 0 fully saturated rings. The average Bonchev–Trinajstić information content (AvgIpc) is 2.30. The molecule has 1 aromatic rings. The first-order valence-corrected chi connectivity index (χ1v) is 5.60. The molecule has 0 unspecified atom stereocenters. The Kier molecular flexibility index (Phi) is 4.56. The summed E-state index contributed by atoms with van der Waals surface area (Å²) in [6.07, 6.45) is 4.15. The predicted molar refractivity (Wildman–Crippen MR) is 64.9 cm³/mol. The molecule has 2 N–H and O–H groups in total. The highest BCUT2D eigenvalue weighted by Gasteiger charge is 2.11. The van der Waals surface area contributed by atoms with Gasteiger partial charge in [0.15, 0.2) is 0 Å². The van der Waals surface area contributed by atoms with Gasteiger partial charge in [0.2, 0.25) is 0 Å². The molecule has 0 spiro atoms. The zero-order valence-corrected chi connectivity index (χ0v) is 9.90. The molecule has 1 heterocycles. The average molecular weight is 207 g/mol. The summed E-state index contributed by atoms with van der Waals surface area (Å²) in [5.74, 6) is 1.03. The van der Waals surface area contributed by atoms with E-state index in [1.165, 1.54) is 0 Å². The highest BCUT2D eigenvalue weighted by atomic mass is 15.2. The zero-order valence-electron chi connectivity index (χ0n) is 9.90. The Labute approximate surface area is 92.3 Å². The summed E-state index contributed by atoms with van der Waals surface area (Å²) in [6.45, 7) is 4.97. The van der Waals surface area contributed by atoms with Crippen LogP contribution in [0.4, 0.5) is 5.82 Å². The van der Waals surface area contributed by atoms with Crippen LogP contribution in [0.3, 0.4) is 0 Å². The smallest absolute Gasteiger partial charge is 0.128 e. The van der Waals surface area contributed by atoms with Crippen LogP contribution in [-0.4, -0.2) is 18.1 Å². The number of nitrogens with two attached hydrogens (primary N) is 1. The molecule has 1 aromatic heterocycles. The molecule has 0 aromatic carbocycles. The Morgan fingerprint density at radius 3 is 2.40 bits per heavy atom. The van der Waals surface area contributed by atoms with Gasteiger partial charge in [0, 0.05) is 25.8 Å². The minimum atomic E-state index is 0.558. The number of nitrogens with zero attached hydrogens (tertiary/aromatic N) is 2. The number of anilines is 1. The van der Waals surface area contributed by atoms with Crippen LogP contribution < -0.4 is 10.6 Å². The van der Waals surface area contributed by atoms with Gasteiger partial charge in [-0.15, -0.1) is 0 Å². The number of pyridine rings is 1. The van der Waals surface area contributed by atoms with Crippen molar-refractivity contribution in [3.05, 3.63) is 23.9 Å². The van der Waals surface area contributed by atoms with Crippen molar-refractivity contribution < 1.29 is 0 Å². The van der Waals surface area contributed by atoms with Crippen molar-refractivity contribution in [1.82, 2.24) is 4.98 Å². The second-order valence-electron chi connectivity index (χ2n) is 3.81. The minimum absolute atomic E-state index is 0.558. The van der Waals surface area contributed by atoms with E-state index in [0.717, 1.165) is 24.2 Å². The molecular weight excluding hydrogens is 186 g/mol. The van der Waals surface area contributed by atoms with Crippen molar-refractivity contribution in [3.8, 4) is 0 Å². The van der Waals surface area contributed by atoms with E-state index in [1.807, 2.05) is 18.3 Å². The van der Waals surface area contributed by atoms with E-state index >= 15 is 0 Å². The molecule has 0 atom stereocenters. The molecule has 0 aliphatic heterocycles. The molecule has 0 aliphatic rings. The van der Waals surface area contributed by atoms with Crippen molar-refractivity contribution in [2.75, 3.05) is 11.9 Å². The predicted octanol–water partition coefficient (Wildman–Crippen LogP) is 2.17. The van der Waals surface area contributed by atoms with Gasteiger partial charge in [0.25, 0.3) is 0 Å². The van der Waals surface area contributed by atoms with Crippen LogP contribution >= 0.6 is 0 Å². The Hall–Kier alpha value is -1.09. The summed E-state index contributed by atoms with van der Waals surface area (Å²) in [5, 5.41) is 0. The maximum atomic E-state index is 5.53. The van der Waals surface area contributed by atoms with Gasteiger partial charge in [-0.1, -0.05) is 19.9 Å². The molecular formula is C12H21N3. The van der Waals surface area contributed by atoms with Crippen LogP contribution in [0.15, 0.2) is 18.3 Å². The molecule has 0 amide bonds. The van der Waals surface area contributed by atoms with E-state index in [1.54, 1.807) is 0 Å². The Bertz CT molecular complexity index is 277. The highest BCUT2D eigenvalue weighted by molar-refractivity contribution is 5.39. The summed E-state index contributed by atoms with van der Waals surface area (Å²) in [5.41, 5.74) is 6.61. The van der Waals surface area contributed by atoms with Crippen molar-refractivity contribution in [1.29, 1.82) is 0 Å². The monoisotopic (exact) mass is 207 g/mol. The van der Waals surface area contributed by atoms with Crippen molar-refractivity contribution >= 4 is 5.82 Å². The van der Waals surface area contributed by atoms with E-state index in [4.69, 9.17) is 5.73 Å². The third-order valence-electron chi connectivity index (χ3n) is 2.90. The maximum absolute atomic E-state index is 5.53. The largest absolute Gasteiger partial charge is 0.357 e. The molecule has 3 nitrogen and oxygen atoms in total. The molecule has 15 heavy (non-hydrogen) atoms. The minimum Gasteiger partial charge on any atom is -0.357 e. The van der Waals surface area contributed by atoms with Crippen LogP contribution in [0.5, 0.6) is 0 Å². The molecule has 84 valence electrons. The topological polar surface area (TPSA) is 42.1 Å². The van der Waals surface area contributed by atoms with Crippen molar-refractivity contribution in [2.24, 2.45) is 5.73 Å². The van der Waals surface area contributed by atoms with Gasteiger partial charge in [-0.3, -0.25) is 0 Å². The lowest BCUT2D eigenvalue weighted by Gasteiger charge is -2.27. The normalized spacial score (nSPS) is 10.7. The van der Waals surface area contributed by atoms with E-state index < -0.39 is 0 Å². The summed E-state index contributed by atoms with van der Waals surface area (Å²) in [4.78, 5) is 6.65. The van der Waals surface area contributed by atoms with Crippen LogP contribution in [0.25, 0.3) is 0 Å². The van der Waals surface area contributed by atoms with Gasteiger partial charge in [-0.2, -0.15) is 0 Å². The third kappa shape index (κ3) is 2.93. The van der Waals surface area contributed by atoms with Crippen molar-refractivity contribution in [3.63, 3.8) is 0 Å². The summed E-state index contributed by atoms with van der Waals surface area (Å²) in [7, 11) is 2.10. The van der Waals surface area contributed by atoms with E-state index in [2.05, 4.69) is 30.8 Å².